The summed E-state index contributed by atoms with van der Waals surface area (Å²) >= 11 is 0. The van der Waals surface area contributed by atoms with Crippen LogP contribution in [-0.2, 0) is 4.79 Å². The van der Waals surface area contributed by atoms with Crippen LogP contribution in [0.4, 0.5) is 0 Å². The standard InChI is InChI=1S/C15H30N2O/c1-4-6-7-8-9-10-11-13-15(18)17-16-14(3)12-5-2/h4-13H2,1-3H3,(H,17,18)/b16-14+. The van der Waals surface area contributed by atoms with Gasteiger partial charge in [0.25, 0.3) is 0 Å². The molecule has 3 nitrogen and oxygen atoms in total. The third-order valence-corrected chi connectivity index (χ3v) is 2.99. The van der Waals surface area contributed by atoms with Crippen LogP contribution in [0.25, 0.3) is 0 Å². The maximum absolute atomic E-state index is 11.5. The Morgan fingerprint density at radius 2 is 1.50 bits per heavy atom. The Labute approximate surface area is 112 Å². The Morgan fingerprint density at radius 1 is 0.889 bits per heavy atom. The lowest BCUT2D eigenvalue weighted by Gasteiger charge is -2.02. The van der Waals surface area contributed by atoms with E-state index in [1.165, 1.54) is 32.1 Å². The highest BCUT2D eigenvalue weighted by molar-refractivity contribution is 5.84. The molecule has 18 heavy (non-hydrogen) atoms. The smallest absolute Gasteiger partial charge is 0.240 e. The van der Waals surface area contributed by atoms with Crippen molar-refractivity contribution >= 4 is 11.6 Å². The van der Waals surface area contributed by atoms with Crippen LogP contribution in [0, 0.1) is 0 Å². The van der Waals surface area contributed by atoms with Crippen molar-refractivity contribution in [3.8, 4) is 0 Å². The van der Waals surface area contributed by atoms with Gasteiger partial charge in [-0.25, -0.2) is 5.43 Å². The Bertz CT molecular complexity index is 237. The molecule has 0 rings (SSSR count). The molecular weight excluding hydrogens is 224 g/mol. The normalized spacial score (nSPS) is 11.6. The molecule has 0 aromatic rings. The molecule has 0 aliphatic heterocycles. The van der Waals surface area contributed by atoms with Gasteiger partial charge in [0.2, 0.25) is 5.91 Å². The molecule has 0 atom stereocenters. The van der Waals surface area contributed by atoms with Gasteiger partial charge in [-0.3, -0.25) is 4.79 Å². The van der Waals surface area contributed by atoms with Crippen LogP contribution < -0.4 is 5.43 Å². The second-order valence-electron chi connectivity index (χ2n) is 5.00. The van der Waals surface area contributed by atoms with E-state index in [0.717, 1.165) is 31.4 Å². The van der Waals surface area contributed by atoms with Crippen molar-refractivity contribution < 1.29 is 4.79 Å². The molecule has 0 saturated carbocycles. The van der Waals surface area contributed by atoms with Gasteiger partial charge in [-0.05, 0) is 19.8 Å². The average Bonchev–Trinajstić information content (AvgIpc) is 2.35. The van der Waals surface area contributed by atoms with Gasteiger partial charge in [0.15, 0.2) is 0 Å². The summed E-state index contributed by atoms with van der Waals surface area (Å²) in [5, 5.41) is 4.07. The summed E-state index contributed by atoms with van der Waals surface area (Å²) in [6, 6.07) is 0. The Balaban J connectivity index is 3.40. The highest BCUT2D eigenvalue weighted by Gasteiger charge is 1.99. The predicted molar refractivity (Wildman–Crippen MR) is 78.8 cm³/mol. The largest absolute Gasteiger partial charge is 0.273 e. The van der Waals surface area contributed by atoms with E-state index in [4.69, 9.17) is 0 Å². The first-order valence-corrected chi connectivity index (χ1v) is 7.52. The van der Waals surface area contributed by atoms with Gasteiger partial charge < -0.3 is 0 Å². The Hall–Kier alpha value is -0.860. The van der Waals surface area contributed by atoms with Gasteiger partial charge in [-0.15, -0.1) is 0 Å². The number of hydrogen-bond donors (Lipinski definition) is 1. The number of unbranched alkanes of at least 4 members (excludes halogenated alkanes) is 6. The molecule has 0 radical (unpaired) electrons. The first kappa shape index (κ1) is 17.1. The number of hydrogen-bond acceptors (Lipinski definition) is 2. The lowest BCUT2D eigenvalue weighted by Crippen LogP contribution is -2.18. The molecule has 106 valence electrons. The molecule has 0 aliphatic carbocycles. The molecule has 0 aromatic heterocycles. The van der Waals surface area contributed by atoms with Crippen molar-refractivity contribution in [2.45, 2.75) is 85.0 Å². The number of carbonyl (C=O) groups is 1. The fourth-order valence-electron chi connectivity index (χ4n) is 1.87. The molecule has 0 fully saturated rings. The molecule has 1 N–H and O–H groups in total. The van der Waals surface area contributed by atoms with Crippen molar-refractivity contribution in [1.82, 2.24) is 5.43 Å². The van der Waals surface area contributed by atoms with Crippen molar-refractivity contribution in [3.05, 3.63) is 0 Å². The molecule has 0 bridgehead atoms. The maximum Gasteiger partial charge on any atom is 0.240 e. The van der Waals surface area contributed by atoms with Gasteiger partial charge in [0, 0.05) is 12.1 Å². The summed E-state index contributed by atoms with van der Waals surface area (Å²) in [5.74, 6) is 0.0546. The second-order valence-corrected chi connectivity index (χ2v) is 5.00. The van der Waals surface area contributed by atoms with Gasteiger partial charge in [-0.2, -0.15) is 5.10 Å². The molecule has 0 aliphatic rings. The van der Waals surface area contributed by atoms with Crippen molar-refractivity contribution in [2.24, 2.45) is 5.10 Å². The molecule has 0 unspecified atom stereocenters. The average molecular weight is 254 g/mol. The summed E-state index contributed by atoms with van der Waals surface area (Å²) in [4.78, 5) is 11.5. The summed E-state index contributed by atoms with van der Waals surface area (Å²) in [6.07, 6.45) is 11.3. The lowest BCUT2D eigenvalue weighted by molar-refractivity contribution is -0.121. The van der Waals surface area contributed by atoms with E-state index in [1.54, 1.807) is 0 Å². The summed E-state index contributed by atoms with van der Waals surface area (Å²) in [6.45, 7) is 6.29. The van der Waals surface area contributed by atoms with Crippen LogP contribution in [0.3, 0.4) is 0 Å². The van der Waals surface area contributed by atoms with E-state index in [9.17, 15) is 4.79 Å². The van der Waals surface area contributed by atoms with Crippen LogP contribution in [0.5, 0.6) is 0 Å². The van der Waals surface area contributed by atoms with Crippen molar-refractivity contribution in [2.75, 3.05) is 0 Å². The van der Waals surface area contributed by atoms with Crippen LogP contribution in [0.15, 0.2) is 5.10 Å². The third-order valence-electron chi connectivity index (χ3n) is 2.99. The zero-order valence-corrected chi connectivity index (χ0v) is 12.4. The monoisotopic (exact) mass is 254 g/mol. The predicted octanol–water partition coefficient (Wildman–Crippen LogP) is 4.42. The first-order valence-electron chi connectivity index (χ1n) is 7.52. The highest BCUT2D eigenvalue weighted by atomic mass is 16.2. The molecule has 0 aromatic carbocycles. The van der Waals surface area contributed by atoms with Crippen molar-refractivity contribution in [3.63, 3.8) is 0 Å². The van der Waals surface area contributed by atoms with Gasteiger partial charge >= 0.3 is 0 Å². The minimum atomic E-state index is 0.0546. The molecule has 1 amide bonds. The van der Waals surface area contributed by atoms with E-state index in [1.807, 2.05) is 6.92 Å². The SMILES string of the molecule is CCCCCCCCCC(=O)N/N=C(\C)CCC. The Morgan fingerprint density at radius 3 is 2.11 bits per heavy atom. The third kappa shape index (κ3) is 11.6. The first-order chi connectivity index (χ1) is 8.70. The quantitative estimate of drug-likeness (QED) is 0.331. The number of carbonyl (C=O) groups excluding carboxylic acids is 1. The van der Waals surface area contributed by atoms with Gasteiger partial charge in [0.05, 0.1) is 0 Å². The van der Waals surface area contributed by atoms with E-state index < -0.39 is 0 Å². The van der Waals surface area contributed by atoms with Crippen LogP contribution in [0.1, 0.15) is 85.0 Å². The van der Waals surface area contributed by atoms with E-state index in [2.05, 4.69) is 24.4 Å². The Kier molecular flexibility index (Phi) is 12.0. The molecular formula is C15H30N2O. The highest BCUT2D eigenvalue weighted by Crippen LogP contribution is 2.08. The minimum absolute atomic E-state index is 0.0546. The molecule has 0 spiro atoms. The minimum Gasteiger partial charge on any atom is -0.273 e. The molecule has 0 saturated heterocycles. The molecule has 0 heterocycles. The van der Waals surface area contributed by atoms with E-state index in [0.29, 0.717) is 6.42 Å². The fraction of sp³-hybridized carbons (Fsp3) is 0.867. The lowest BCUT2D eigenvalue weighted by atomic mass is 10.1. The van der Waals surface area contributed by atoms with Crippen LogP contribution >= 0.6 is 0 Å². The van der Waals surface area contributed by atoms with E-state index in [-0.39, 0.29) is 5.91 Å². The second kappa shape index (κ2) is 12.6. The zero-order chi connectivity index (χ0) is 13.6. The van der Waals surface area contributed by atoms with Gasteiger partial charge in [-0.1, -0.05) is 58.8 Å². The summed E-state index contributed by atoms with van der Waals surface area (Å²) in [7, 11) is 0. The summed E-state index contributed by atoms with van der Waals surface area (Å²) in [5.41, 5.74) is 3.63. The van der Waals surface area contributed by atoms with Gasteiger partial charge in [0.1, 0.15) is 0 Å². The van der Waals surface area contributed by atoms with E-state index >= 15 is 0 Å². The van der Waals surface area contributed by atoms with Crippen LogP contribution in [0.2, 0.25) is 0 Å². The summed E-state index contributed by atoms with van der Waals surface area (Å²) < 4.78 is 0. The fourth-order valence-corrected chi connectivity index (χ4v) is 1.87. The molecule has 3 heteroatoms. The topological polar surface area (TPSA) is 41.5 Å². The van der Waals surface area contributed by atoms with Crippen LogP contribution in [-0.4, -0.2) is 11.6 Å². The number of nitrogens with zero attached hydrogens (tertiary/aromatic N) is 1. The number of hydrazone groups is 1. The number of rotatable bonds is 11. The number of nitrogens with one attached hydrogen (secondary N) is 1. The number of amides is 1. The zero-order valence-electron chi connectivity index (χ0n) is 12.4. The maximum atomic E-state index is 11.5. The van der Waals surface area contributed by atoms with Crippen molar-refractivity contribution in [1.29, 1.82) is 0 Å².